The quantitative estimate of drug-likeness (QED) is 0.385. The van der Waals surface area contributed by atoms with E-state index in [9.17, 15) is 27.6 Å². The number of fused-ring (bicyclic) bond motifs is 1. The molecule has 34 heavy (non-hydrogen) atoms. The minimum absolute atomic E-state index is 0.126. The number of esters is 1. The van der Waals surface area contributed by atoms with Crippen molar-refractivity contribution in [3.8, 4) is 0 Å². The lowest BCUT2D eigenvalue weighted by Crippen LogP contribution is -2.30. The van der Waals surface area contributed by atoms with E-state index in [4.69, 9.17) is 9.15 Å². The topological polar surface area (TPSA) is 88.8 Å². The molecule has 0 aliphatic heterocycles. The summed E-state index contributed by atoms with van der Waals surface area (Å²) in [5.41, 5.74) is 0.421. The molecule has 7 nitrogen and oxygen atoms in total. The van der Waals surface area contributed by atoms with Gasteiger partial charge in [0.05, 0.1) is 18.7 Å². The lowest BCUT2D eigenvalue weighted by Gasteiger charge is -2.22. The van der Waals surface area contributed by atoms with Crippen LogP contribution in [0.3, 0.4) is 0 Å². The lowest BCUT2D eigenvalue weighted by atomic mass is 10.1. The fraction of sp³-hybridized carbons (Fsp3) is 0.292. The van der Waals surface area contributed by atoms with Crippen LogP contribution in [0.5, 0.6) is 0 Å². The van der Waals surface area contributed by atoms with Crippen LogP contribution < -0.4 is 10.9 Å². The predicted octanol–water partition coefficient (Wildman–Crippen LogP) is 4.34. The number of anilines is 1. The summed E-state index contributed by atoms with van der Waals surface area (Å²) < 4.78 is 48.9. The summed E-state index contributed by atoms with van der Waals surface area (Å²) in [6.07, 6.45) is -4.45. The van der Waals surface area contributed by atoms with Crippen LogP contribution in [0.2, 0.25) is 0 Å². The van der Waals surface area contributed by atoms with Crippen molar-refractivity contribution in [2.75, 3.05) is 18.5 Å². The number of rotatable bonds is 8. The maximum atomic E-state index is 12.9. The van der Waals surface area contributed by atoms with E-state index in [0.29, 0.717) is 22.2 Å². The Labute approximate surface area is 193 Å². The molecule has 2 aromatic carbocycles. The first kappa shape index (κ1) is 25.0. The number of benzene rings is 2. The van der Waals surface area contributed by atoms with Gasteiger partial charge in [-0.2, -0.15) is 13.2 Å². The summed E-state index contributed by atoms with van der Waals surface area (Å²) in [5, 5.41) is 3.20. The van der Waals surface area contributed by atoms with Crippen LogP contribution in [0.25, 0.3) is 11.0 Å². The zero-order valence-corrected chi connectivity index (χ0v) is 18.6. The Balaban J connectivity index is 1.91. The minimum atomic E-state index is -4.45. The molecule has 0 aliphatic carbocycles. The number of ether oxygens (including phenoxy) is 1. The smallest absolute Gasteiger partial charge is 0.416 e. The van der Waals surface area contributed by atoms with Crippen molar-refractivity contribution in [2.45, 2.75) is 33.1 Å². The number of amides is 1. The second kappa shape index (κ2) is 10.5. The molecule has 0 atom stereocenters. The van der Waals surface area contributed by atoms with Gasteiger partial charge in [0, 0.05) is 43.2 Å². The largest absolute Gasteiger partial charge is 0.465 e. The number of hydrogen-bond acceptors (Lipinski definition) is 6. The number of alkyl halides is 3. The van der Waals surface area contributed by atoms with Gasteiger partial charge in [-0.15, -0.1) is 0 Å². The summed E-state index contributed by atoms with van der Waals surface area (Å²) in [7, 11) is 0. The molecule has 1 N–H and O–H groups in total. The first-order valence-corrected chi connectivity index (χ1v) is 10.4. The van der Waals surface area contributed by atoms with Gasteiger partial charge < -0.3 is 14.5 Å². The lowest BCUT2D eigenvalue weighted by molar-refractivity contribution is -0.144. The summed E-state index contributed by atoms with van der Waals surface area (Å²) in [6.45, 7) is 3.33. The van der Waals surface area contributed by atoms with Crippen molar-refractivity contribution in [1.29, 1.82) is 0 Å². The van der Waals surface area contributed by atoms with E-state index in [1.165, 1.54) is 31.2 Å². The maximum Gasteiger partial charge on any atom is 0.416 e. The zero-order chi connectivity index (χ0) is 24.9. The van der Waals surface area contributed by atoms with Gasteiger partial charge >= 0.3 is 17.8 Å². The van der Waals surface area contributed by atoms with E-state index in [-0.39, 0.29) is 37.7 Å². The summed E-state index contributed by atoms with van der Waals surface area (Å²) >= 11 is 0. The van der Waals surface area contributed by atoms with Crippen molar-refractivity contribution in [3.05, 3.63) is 75.6 Å². The van der Waals surface area contributed by atoms with Gasteiger partial charge in [0.15, 0.2) is 0 Å². The van der Waals surface area contributed by atoms with E-state index < -0.39 is 23.3 Å². The Bertz CT molecular complexity index is 1240. The molecule has 0 saturated heterocycles. The van der Waals surface area contributed by atoms with E-state index in [1.54, 1.807) is 24.0 Å². The molecular formula is C24H23F3N2O5. The summed E-state index contributed by atoms with van der Waals surface area (Å²) in [6, 6.07) is 10.8. The highest BCUT2D eigenvalue weighted by atomic mass is 19.4. The van der Waals surface area contributed by atoms with E-state index in [2.05, 4.69) is 5.32 Å². The Hall–Kier alpha value is -3.66. The van der Waals surface area contributed by atoms with Crippen molar-refractivity contribution >= 4 is 28.5 Å². The monoisotopic (exact) mass is 476 g/mol. The normalized spacial score (nSPS) is 11.6. The van der Waals surface area contributed by atoms with Gasteiger partial charge in [-0.1, -0.05) is 12.1 Å². The number of hydrogen-bond donors (Lipinski definition) is 1. The van der Waals surface area contributed by atoms with Gasteiger partial charge in [-0.3, -0.25) is 14.5 Å². The van der Waals surface area contributed by atoms with E-state index >= 15 is 0 Å². The molecule has 1 amide bonds. The first-order chi connectivity index (χ1) is 16.0. The average Bonchev–Trinajstić information content (AvgIpc) is 2.72. The fourth-order valence-corrected chi connectivity index (χ4v) is 3.50. The molecule has 0 fully saturated rings. The van der Waals surface area contributed by atoms with Crippen LogP contribution in [-0.4, -0.2) is 29.9 Å². The number of halogens is 3. The van der Waals surface area contributed by atoms with E-state index in [1.807, 2.05) is 0 Å². The molecule has 1 aromatic heterocycles. The van der Waals surface area contributed by atoms with Crippen molar-refractivity contribution < 1.29 is 31.9 Å². The second-order valence-electron chi connectivity index (χ2n) is 7.63. The molecule has 0 unspecified atom stereocenters. The molecule has 0 aliphatic rings. The summed E-state index contributed by atoms with van der Waals surface area (Å²) in [5.74, 6) is -0.787. The Morgan fingerprint density at radius 2 is 1.76 bits per heavy atom. The molecular weight excluding hydrogens is 453 g/mol. The zero-order valence-electron chi connectivity index (χ0n) is 18.6. The van der Waals surface area contributed by atoms with Gasteiger partial charge in [-0.05, 0) is 42.3 Å². The molecule has 3 aromatic rings. The SMILES string of the molecule is CCOC(=O)CN(Cc1ccc(C(F)(F)F)cc1)Cc1cc(=O)oc2cc(NC(C)=O)ccc12. The molecule has 180 valence electrons. The Morgan fingerprint density at radius 1 is 1.06 bits per heavy atom. The molecule has 3 rings (SSSR count). The van der Waals surface area contributed by atoms with Gasteiger partial charge in [0.2, 0.25) is 5.91 Å². The highest BCUT2D eigenvalue weighted by Crippen LogP contribution is 2.29. The third kappa shape index (κ3) is 6.67. The fourth-order valence-electron chi connectivity index (χ4n) is 3.50. The van der Waals surface area contributed by atoms with E-state index in [0.717, 1.165) is 12.1 Å². The summed E-state index contributed by atoms with van der Waals surface area (Å²) in [4.78, 5) is 37.3. The number of nitrogens with one attached hydrogen (secondary N) is 1. The Kier molecular flexibility index (Phi) is 7.72. The van der Waals surface area contributed by atoms with Crippen LogP contribution in [0.4, 0.5) is 18.9 Å². The first-order valence-electron chi connectivity index (χ1n) is 10.4. The average molecular weight is 476 g/mol. The number of carbonyl (C=O) groups is 2. The highest BCUT2D eigenvalue weighted by molar-refractivity contribution is 5.92. The number of nitrogens with zero attached hydrogens (tertiary/aromatic N) is 1. The molecule has 10 heteroatoms. The third-order valence-electron chi connectivity index (χ3n) is 4.89. The van der Waals surface area contributed by atoms with Crippen LogP contribution in [-0.2, 0) is 33.6 Å². The molecule has 0 bridgehead atoms. The van der Waals surface area contributed by atoms with Crippen LogP contribution in [0, 0.1) is 0 Å². The predicted molar refractivity (Wildman–Crippen MR) is 119 cm³/mol. The second-order valence-corrected chi connectivity index (χ2v) is 7.63. The molecule has 0 saturated carbocycles. The van der Waals surface area contributed by atoms with Gasteiger partial charge in [0.1, 0.15) is 5.58 Å². The van der Waals surface area contributed by atoms with Crippen molar-refractivity contribution in [2.24, 2.45) is 0 Å². The Morgan fingerprint density at radius 3 is 2.38 bits per heavy atom. The van der Waals surface area contributed by atoms with Gasteiger partial charge in [0.25, 0.3) is 0 Å². The van der Waals surface area contributed by atoms with Crippen LogP contribution >= 0.6 is 0 Å². The van der Waals surface area contributed by atoms with Gasteiger partial charge in [-0.25, -0.2) is 4.79 Å². The molecule has 0 spiro atoms. The number of carbonyl (C=O) groups excluding carboxylic acids is 2. The van der Waals surface area contributed by atoms with Crippen LogP contribution in [0.15, 0.2) is 57.7 Å². The van der Waals surface area contributed by atoms with Crippen molar-refractivity contribution in [3.63, 3.8) is 0 Å². The van der Waals surface area contributed by atoms with Crippen LogP contribution in [0.1, 0.15) is 30.5 Å². The third-order valence-corrected chi connectivity index (χ3v) is 4.89. The molecule has 0 radical (unpaired) electrons. The highest BCUT2D eigenvalue weighted by Gasteiger charge is 2.30. The maximum absolute atomic E-state index is 12.9. The molecule has 1 heterocycles. The minimum Gasteiger partial charge on any atom is -0.465 e. The standard InChI is InChI=1S/C24H23F3N2O5/c1-3-33-23(32)14-29(12-16-4-6-18(7-5-16)24(25,26)27)13-17-10-22(31)34-21-11-19(28-15(2)30)8-9-20(17)21/h4-11H,3,12-14H2,1-2H3,(H,28,30). The van der Waals surface area contributed by atoms with Crippen molar-refractivity contribution in [1.82, 2.24) is 4.90 Å².